The monoisotopic (exact) mass is 364 g/mol. The number of likely N-dealkylation sites (tertiary alicyclic amines) is 1. The van der Waals surface area contributed by atoms with Gasteiger partial charge in [0.05, 0.1) is 11.9 Å². The summed E-state index contributed by atoms with van der Waals surface area (Å²) in [5.74, 6) is 2.04. The maximum absolute atomic E-state index is 4.70. The second-order valence-electron chi connectivity index (χ2n) is 6.87. The van der Waals surface area contributed by atoms with Crippen molar-refractivity contribution >= 4 is 5.65 Å². The zero-order chi connectivity index (χ0) is 18.2. The van der Waals surface area contributed by atoms with Crippen molar-refractivity contribution in [3.8, 4) is 5.82 Å². The Morgan fingerprint density at radius 1 is 1.15 bits per heavy atom. The van der Waals surface area contributed by atoms with E-state index in [9.17, 15) is 0 Å². The summed E-state index contributed by atoms with van der Waals surface area (Å²) in [5, 5.41) is 25.6. The normalized spacial score (nSPS) is 16.3. The summed E-state index contributed by atoms with van der Waals surface area (Å²) in [6, 6.07) is 5.73. The molecule has 4 aromatic heterocycles. The molecule has 0 saturated carbocycles. The maximum Gasteiger partial charge on any atom is 0.178 e. The summed E-state index contributed by atoms with van der Waals surface area (Å²) < 4.78 is 5.44. The van der Waals surface area contributed by atoms with Crippen LogP contribution in [0.25, 0.3) is 11.5 Å². The van der Waals surface area contributed by atoms with Crippen molar-refractivity contribution in [3.63, 3.8) is 0 Å². The van der Waals surface area contributed by atoms with Gasteiger partial charge in [0.15, 0.2) is 17.3 Å². The van der Waals surface area contributed by atoms with E-state index < -0.39 is 0 Å². The van der Waals surface area contributed by atoms with E-state index in [4.69, 9.17) is 5.10 Å². The van der Waals surface area contributed by atoms with Gasteiger partial charge in [-0.15, -0.1) is 20.4 Å². The molecule has 1 fully saturated rings. The molecule has 1 aliphatic rings. The number of aromatic nitrogens is 9. The van der Waals surface area contributed by atoms with Crippen molar-refractivity contribution in [1.29, 1.82) is 0 Å². The van der Waals surface area contributed by atoms with E-state index in [1.807, 2.05) is 46.8 Å². The summed E-state index contributed by atoms with van der Waals surface area (Å²) in [6.45, 7) is 2.88. The third kappa shape index (κ3) is 2.97. The van der Waals surface area contributed by atoms with Crippen LogP contribution < -0.4 is 0 Å². The highest BCUT2D eigenvalue weighted by atomic mass is 15.4. The molecule has 27 heavy (non-hydrogen) atoms. The molecule has 0 amide bonds. The van der Waals surface area contributed by atoms with Crippen molar-refractivity contribution in [2.24, 2.45) is 7.05 Å². The summed E-state index contributed by atoms with van der Waals surface area (Å²) in [5.41, 5.74) is 1.90. The highest BCUT2D eigenvalue weighted by Crippen LogP contribution is 2.27. The fourth-order valence-electron chi connectivity index (χ4n) is 3.61. The molecule has 4 aromatic rings. The molecule has 10 heteroatoms. The van der Waals surface area contributed by atoms with Crippen LogP contribution in [-0.2, 0) is 13.6 Å². The fourth-order valence-corrected chi connectivity index (χ4v) is 3.61. The lowest BCUT2D eigenvalue weighted by Crippen LogP contribution is -2.33. The zero-order valence-electron chi connectivity index (χ0n) is 15.0. The van der Waals surface area contributed by atoms with Gasteiger partial charge in [0.1, 0.15) is 0 Å². The fraction of sp³-hybridized carbons (Fsp3) is 0.412. The molecule has 1 saturated heterocycles. The topological polar surface area (TPSA) is 94.8 Å². The number of fused-ring (bicyclic) bond motifs is 1. The van der Waals surface area contributed by atoms with Gasteiger partial charge < -0.3 is 0 Å². The van der Waals surface area contributed by atoms with E-state index in [0.717, 1.165) is 55.5 Å². The Kier molecular flexibility index (Phi) is 3.89. The third-order valence-electron chi connectivity index (χ3n) is 5.16. The lowest BCUT2D eigenvalue weighted by molar-refractivity contribution is 0.196. The molecule has 0 aliphatic carbocycles. The Labute approximate surface area is 155 Å². The quantitative estimate of drug-likeness (QED) is 0.529. The molecule has 10 nitrogen and oxygen atoms in total. The summed E-state index contributed by atoms with van der Waals surface area (Å²) in [4.78, 5) is 2.43. The van der Waals surface area contributed by atoms with Crippen molar-refractivity contribution in [2.45, 2.75) is 25.3 Å². The first-order chi connectivity index (χ1) is 13.3. The number of hydrogen-bond acceptors (Lipinski definition) is 7. The van der Waals surface area contributed by atoms with E-state index in [-0.39, 0.29) is 0 Å². The number of hydrogen-bond donors (Lipinski definition) is 0. The first-order valence-corrected chi connectivity index (χ1v) is 9.06. The van der Waals surface area contributed by atoms with Crippen LogP contribution in [0.3, 0.4) is 0 Å². The van der Waals surface area contributed by atoms with Crippen LogP contribution in [0.1, 0.15) is 30.3 Å². The second kappa shape index (κ2) is 6.54. The van der Waals surface area contributed by atoms with Gasteiger partial charge >= 0.3 is 0 Å². The zero-order valence-corrected chi connectivity index (χ0v) is 15.0. The Bertz CT molecular complexity index is 1040. The molecule has 0 atom stereocenters. The molecule has 0 aromatic carbocycles. The van der Waals surface area contributed by atoms with Crippen molar-refractivity contribution < 1.29 is 0 Å². The molecule has 0 N–H and O–H groups in total. The minimum absolute atomic E-state index is 0.348. The van der Waals surface area contributed by atoms with E-state index in [0.29, 0.717) is 5.92 Å². The molecule has 0 spiro atoms. The molecule has 0 unspecified atom stereocenters. The van der Waals surface area contributed by atoms with Gasteiger partial charge in [-0.1, -0.05) is 5.21 Å². The molecule has 1 aliphatic heterocycles. The van der Waals surface area contributed by atoms with Crippen molar-refractivity contribution in [2.75, 3.05) is 13.1 Å². The van der Waals surface area contributed by atoms with Crippen LogP contribution >= 0.6 is 0 Å². The molecule has 5 rings (SSSR count). The number of piperidine rings is 1. The molecular formula is C17H20N10. The molecule has 0 bridgehead atoms. The predicted molar refractivity (Wildman–Crippen MR) is 96.2 cm³/mol. The van der Waals surface area contributed by atoms with Gasteiger partial charge in [0, 0.05) is 31.9 Å². The third-order valence-corrected chi connectivity index (χ3v) is 5.16. The second-order valence-corrected chi connectivity index (χ2v) is 6.87. The van der Waals surface area contributed by atoms with Crippen LogP contribution in [0.2, 0.25) is 0 Å². The van der Waals surface area contributed by atoms with E-state index >= 15 is 0 Å². The minimum Gasteiger partial charge on any atom is -0.297 e. The van der Waals surface area contributed by atoms with Crippen molar-refractivity contribution in [1.82, 2.24) is 49.5 Å². The SMILES string of the molecule is Cn1nncc1CN1CCC(c2nnc3ccc(-n4cccn4)nn23)CC1. The Morgan fingerprint density at radius 2 is 2.04 bits per heavy atom. The number of rotatable bonds is 4. The van der Waals surface area contributed by atoms with Crippen LogP contribution in [0.4, 0.5) is 0 Å². The first-order valence-electron chi connectivity index (χ1n) is 9.06. The van der Waals surface area contributed by atoms with Gasteiger partial charge in [0.2, 0.25) is 0 Å². The average molecular weight is 364 g/mol. The minimum atomic E-state index is 0.348. The van der Waals surface area contributed by atoms with Gasteiger partial charge in [-0.3, -0.25) is 9.58 Å². The smallest absolute Gasteiger partial charge is 0.178 e. The van der Waals surface area contributed by atoms with Crippen LogP contribution in [-0.4, -0.2) is 62.6 Å². The molecule has 138 valence electrons. The largest absolute Gasteiger partial charge is 0.297 e. The Morgan fingerprint density at radius 3 is 2.78 bits per heavy atom. The first kappa shape index (κ1) is 16.1. The molecule has 0 radical (unpaired) electrons. The van der Waals surface area contributed by atoms with Crippen LogP contribution in [0.15, 0.2) is 36.8 Å². The van der Waals surface area contributed by atoms with E-state index in [1.54, 1.807) is 10.9 Å². The van der Waals surface area contributed by atoms with Crippen LogP contribution in [0, 0.1) is 0 Å². The van der Waals surface area contributed by atoms with Crippen molar-refractivity contribution in [3.05, 3.63) is 48.3 Å². The summed E-state index contributed by atoms with van der Waals surface area (Å²) in [7, 11) is 1.93. The highest BCUT2D eigenvalue weighted by Gasteiger charge is 2.25. The van der Waals surface area contributed by atoms with Gasteiger partial charge in [-0.25, -0.2) is 4.68 Å². The predicted octanol–water partition coefficient (Wildman–Crippen LogP) is 0.818. The van der Waals surface area contributed by atoms with E-state index in [1.165, 1.54) is 0 Å². The lowest BCUT2D eigenvalue weighted by Gasteiger charge is -2.30. The Hall–Kier alpha value is -3.14. The number of nitrogens with zero attached hydrogens (tertiary/aromatic N) is 10. The van der Waals surface area contributed by atoms with E-state index in [2.05, 4.69) is 30.5 Å². The highest BCUT2D eigenvalue weighted by molar-refractivity contribution is 5.39. The average Bonchev–Trinajstić information content (AvgIpc) is 3.44. The standard InChI is InChI=1S/C17H20N10/c1-24-14(11-18-23-24)12-25-9-5-13(6-10-25)17-21-20-15-3-4-16(22-27(15)17)26-8-2-7-19-26/h2-4,7-8,11,13H,5-6,9-10,12H2,1H3. The molecule has 5 heterocycles. The van der Waals surface area contributed by atoms with Gasteiger partial charge in [0.25, 0.3) is 0 Å². The number of aryl methyl sites for hydroxylation is 1. The summed E-state index contributed by atoms with van der Waals surface area (Å²) >= 11 is 0. The maximum atomic E-state index is 4.70. The Balaban J connectivity index is 1.34. The summed E-state index contributed by atoms with van der Waals surface area (Å²) in [6.07, 6.45) is 7.51. The van der Waals surface area contributed by atoms with Gasteiger partial charge in [-0.2, -0.15) is 9.61 Å². The van der Waals surface area contributed by atoms with Crippen LogP contribution in [0.5, 0.6) is 0 Å². The lowest BCUT2D eigenvalue weighted by atomic mass is 9.96. The van der Waals surface area contributed by atoms with Gasteiger partial charge in [-0.05, 0) is 44.1 Å². The molecular weight excluding hydrogens is 344 g/mol.